The standard InChI is InChI=1S/C41H28N4/c1-2-13-31(14-3-1)44(32-15-10-12-29(26-32)36-17-6-8-23-42-36)33-20-21-35-38(27-33)45(39-18-7-9-24-43-39)37-22-19-30-25-28-11-4-5-16-34(28)40(30)41(35)37/h1-24,26-27H,25H2. The van der Waals surface area contributed by atoms with Crippen LogP contribution in [0.1, 0.15) is 11.1 Å². The molecule has 0 aliphatic heterocycles. The molecule has 0 amide bonds. The van der Waals surface area contributed by atoms with Gasteiger partial charge in [-0.3, -0.25) is 9.55 Å². The second-order valence-corrected chi connectivity index (χ2v) is 11.5. The number of benzene rings is 5. The highest BCUT2D eigenvalue weighted by Crippen LogP contribution is 2.47. The molecule has 0 unspecified atom stereocenters. The van der Waals surface area contributed by atoms with Gasteiger partial charge in [-0.15, -0.1) is 0 Å². The van der Waals surface area contributed by atoms with E-state index in [1.165, 1.54) is 38.5 Å². The van der Waals surface area contributed by atoms with E-state index in [9.17, 15) is 0 Å². The smallest absolute Gasteiger partial charge is 0.137 e. The van der Waals surface area contributed by atoms with Gasteiger partial charge in [0, 0.05) is 45.8 Å². The van der Waals surface area contributed by atoms with Crippen LogP contribution in [0.4, 0.5) is 17.1 Å². The summed E-state index contributed by atoms with van der Waals surface area (Å²) in [5, 5.41) is 2.51. The maximum atomic E-state index is 4.84. The molecule has 0 fully saturated rings. The van der Waals surface area contributed by atoms with Crippen LogP contribution in [0, 0.1) is 0 Å². The molecular weight excluding hydrogens is 548 g/mol. The lowest BCUT2D eigenvalue weighted by molar-refractivity contribution is 1.08. The van der Waals surface area contributed by atoms with E-state index >= 15 is 0 Å². The molecule has 0 radical (unpaired) electrons. The van der Waals surface area contributed by atoms with Gasteiger partial charge in [-0.05, 0) is 95.4 Å². The molecule has 4 heteroatoms. The van der Waals surface area contributed by atoms with E-state index in [0.29, 0.717) is 0 Å². The van der Waals surface area contributed by atoms with E-state index in [2.05, 4.69) is 142 Å². The maximum Gasteiger partial charge on any atom is 0.137 e. The molecule has 1 aliphatic rings. The normalized spacial score (nSPS) is 11.9. The number of nitrogens with zero attached hydrogens (tertiary/aromatic N) is 4. The van der Waals surface area contributed by atoms with Gasteiger partial charge in [-0.2, -0.15) is 0 Å². The van der Waals surface area contributed by atoms with Crippen LogP contribution in [0.3, 0.4) is 0 Å². The molecule has 4 nitrogen and oxygen atoms in total. The molecule has 8 aromatic rings. The summed E-state index contributed by atoms with van der Waals surface area (Å²) in [5.41, 5.74) is 13.0. The fourth-order valence-electron chi connectivity index (χ4n) is 6.95. The number of rotatable bonds is 5. The molecule has 212 valence electrons. The first-order chi connectivity index (χ1) is 22.3. The van der Waals surface area contributed by atoms with E-state index in [-0.39, 0.29) is 0 Å². The zero-order valence-corrected chi connectivity index (χ0v) is 24.5. The molecule has 9 rings (SSSR count). The van der Waals surface area contributed by atoms with Crippen LogP contribution in [0.2, 0.25) is 0 Å². The molecule has 45 heavy (non-hydrogen) atoms. The lowest BCUT2D eigenvalue weighted by Gasteiger charge is -2.26. The highest BCUT2D eigenvalue weighted by Gasteiger charge is 2.25. The largest absolute Gasteiger partial charge is 0.310 e. The number of fused-ring (bicyclic) bond motifs is 7. The molecular formula is C41H28N4. The predicted octanol–water partition coefficient (Wildman–Crippen LogP) is 10.3. The molecule has 0 N–H and O–H groups in total. The summed E-state index contributed by atoms with van der Waals surface area (Å²) in [4.78, 5) is 11.8. The monoisotopic (exact) mass is 576 g/mol. The average Bonchev–Trinajstić information content (AvgIpc) is 3.65. The second-order valence-electron chi connectivity index (χ2n) is 11.5. The van der Waals surface area contributed by atoms with Crippen LogP contribution < -0.4 is 4.90 Å². The summed E-state index contributed by atoms with van der Waals surface area (Å²) < 4.78 is 2.32. The first kappa shape index (κ1) is 25.5. The van der Waals surface area contributed by atoms with Crippen molar-refractivity contribution >= 4 is 38.9 Å². The third-order valence-electron chi connectivity index (χ3n) is 8.89. The first-order valence-electron chi connectivity index (χ1n) is 15.3. The number of para-hydroxylation sites is 1. The van der Waals surface area contributed by atoms with Crippen molar-refractivity contribution in [3.05, 3.63) is 169 Å². The summed E-state index contributed by atoms with van der Waals surface area (Å²) in [5.74, 6) is 0.907. The molecule has 0 spiro atoms. The van der Waals surface area contributed by atoms with Crippen LogP contribution >= 0.6 is 0 Å². The Labute approximate surface area is 261 Å². The molecule has 3 aromatic heterocycles. The molecule has 0 saturated heterocycles. The van der Waals surface area contributed by atoms with E-state index in [0.717, 1.165) is 46.1 Å². The second kappa shape index (κ2) is 10.3. The lowest BCUT2D eigenvalue weighted by atomic mass is 9.99. The van der Waals surface area contributed by atoms with Gasteiger partial charge in [-0.1, -0.05) is 78.9 Å². The number of aromatic nitrogens is 3. The van der Waals surface area contributed by atoms with Gasteiger partial charge in [0.15, 0.2) is 0 Å². The Balaban J connectivity index is 1.32. The summed E-state index contributed by atoms with van der Waals surface area (Å²) in [6, 6.07) is 51.6. The van der Waals surface area contributed by atoms with Gasteiger partial charge < -0.3 is 4.90 Å². The van der Waals surface area contributed by atoms with Crippen molar-refractivity contribution in [3.63, 3.8) is 0 Å². The third kappa shape index (κ3) is 4.15. The molecule has 3 heterocycles. The van der Waals surface area contributed by atoms with Gasteiger partial charge >= 0.3 is 0 Å². The summed E-state index contributed by atoms with van der Waals surface area (Å²) in [6.45, 7) is 0. The number of anilines is 3. The first-order valence-corrected chi connectivity index (χ1v) is 15.3. The van der Waals surface area contributed by atoms with Gasteiger partial charge in [0.2, 0.25) is 0 Å². The van der Waals surface area contributed by atoms with Crippen molar-refractivity contribution < 1.29 is 0 Å². The summed E-state index contributed by atoms with van der Waals surface area (Å²) in [7, 11) is 0. The Morgan fingerprint density at radius 1 is 0.533 bits per heavy atom. The predicted molar refractivity (Wildman–Crippen MR) is 185 cm³/mol. The van der Waals surface area contributed by atoms with Gasteiger partial charge in [0.25, 0.3) is 0 Å². The highest BCUT2D eigenvalue weighted by molar-refractivity contribution is 6.18. The van der Waals surface area contributed by atoms with Crippen molar-refractivity contribution in [2.75, 3.05) is 4.90 Å². The minimum atomic E-state index is 0.907. The minimum Gasteiger partial charge on any atom is -0.310 e. The van der Waals surface area contributed by atoms with Crippen LogP contribution in [0.25, 0.3) is 50.0 Å². The zero-order valence-electron chi connectivity index (χ0n) is 24.5. The molecule has 1 aliphatic carbocycles. The Hall–Kier alpha value is -6.00. The number of hydrogen-bond acceptors (Lipinski definition) is 3. The maximum absolute atomic E-state index is 4.84. The molecule has 0 saturated carbocycles. The van der Waals surface area contributed by atoms with Gasteiger partial charge in [-0.25, -0.2) is 4.98 Å². The van der Waals surface area contributed by atoms with Crippen LogP contribution in [-0.4, -0.2) is 14.5 Å². The summed E-state index contributed by atoms with van der Waals surface area (Å²) in [6.07, 6.45) is 4.68. The topological polar surface area (TPSA) is 34.0 Å². The molecule has 5 aromatic carbocycles. The molecule has 0 bridgehead atoms. The highest BCUT2D eigenvalue weighted by atomic mass is 15.1. The number of pyridine rings is 2. The Kier molecular flexibility index (Phi) is 5.85. The van der Waals surface area contributed by atoms with E-state index < -0.39 is 0 Å². The van der Waals surface area contributed by atoms with E-state index in [4.69, 9.17) is 4.98 Å². The fourth-order valence-corrected chi connectivity index (χ4v) is 6.95. The average molecular weight is 577 g/mol. The Bertz CT molecular complexity index is 2340. The number of hydrogen-bond donors (Lipinski definition) is 0. The van der Waals surface area contributed by atoms with Crippen molar-refractivity contribution in [3.8, 4) is 28.2 Å². The van der Waals surface area contributed by atoms with E-state index in [1.54, 1.807) is 0 Å². The van der Waals surface area contributed by atoms with Crippen LogP contribution in [0.5, 0.6) is 0 Å². The SMILES string of the molecule is c1ccc(N(c2cccc(-c3ccccn3)c2)c2ccc3c4c5c(ccc4n(-c4ccccn4)c3c2)Cc2ccccc2-5)cc1. The zero-order chi connectivity index (χ0) is 29.7. The van der Waals surface area contributed by atoms with Crippen molar-refractivity contribution in [1.82, 2.24) is 14.5 Å². The fraction of sp³-hybridized carbons (Fsp3) is 0.0244. The Morgan fingerprint density at radius 3 is 2.16 bits per heavy atom. The van der Waals surface area contributed by atoms with Gasteiger partial charge in [0.05, 0.1) is 16.7 Å². The van der Waals surface area contributed by atoms with Crippen molar-refractivity contribution in [2.24, 2.45) is 0 Å². The van der Waals surface area contributed by atoms with Crippen LogP contribution in [0.15, 0.2) is 158 Å². The third-order valence-corrected chi connectivity index (χ3v) is 8.89. The lowest BCUT2D eigenvalue weighted by Crippen LogP contribution is -2.10. The van der Waals surface area contributed by atoms with E-state index in [1.807, 2.05) is 30.6 Å². The minimum absolute atomic E-state index is 0.907. The van der Waals surface area contributed by atoms with Crippen molar-refractivity contribution in [2.45, 2.75) is 6.42 Å². The molecule has 0 atom stereocenters. The quantitative estimate of drug-likeness (QED) is 0.204. The van der Waals surface area contributed by atoms with Crippen molar-refractivity contribution in [1.29, 1.82) is 0 Å². The van der Waals surface area contributed by atoms with Crippen LogP contribution in [-0.2, 0) is 6.42 Å². The summed E-state index contributed by atoms with van der Waals surface area (Å²) >= 11 is 0. The van der Waals surface area contributed by atoms with Gasteiger partial charge in [0.1, 0.15) is 5.82 Å². The Morgan fingerprint density at radius 2 is 1.31 bits per heavy atom.